The van der Waals surface area contributed by atoms with E-state index in [4.69, 9.17) is 5.11 Å². The predicted octanol–water partition coefficient (Wildman–Crippen LogP) is 4.39. The maximum absolute atomic E-state index is 11.2. The minimum atomic E-state index is -1.99. The fourth-order valence-electron chi connectivity index (χ4n) is 1.45. The van der Waals surface area contributed by atoms with Crippen LogP contribution in [0.5, 0.6) is 0 Å². The summed E-state index contributed by atoms with van der Waals surface area (Å²) in [5.41, 5.74) is 0.331. The van der Waals surface area contributed by atoms with Gasteiger partial charge in [0.2, 0.25) is 0 Å². The maximum atomic E-state index is 11.2. The van der Waals surface area contributed by atoms with Gasteiger partial charge in [0.1, 0.15) is 0 Å². The van der Waals surface area contributed by atoms with Gasteiger partial charge >= 0.3 is 77.2 Å². The molecule has 0 aliphatic carbocycles. The first-order valence-corrected chi connectivity index (χ1v) is 12.1. The Kier molecular flexibility index (Phi) is 11.9. The van der Waals surface area contributed by atoms with Crippen LogP contribution in [0.25, 0.3) is 0 Å². The van der Waals surface area contributed by atoms with Crippen LogP contribution in [0.4, 0.5) is 0 Å². The van der Waals surface area contributed by atoms with E-state index in [1.54, 1.807) is 30.3 Å². The molecule has 19 heavy (non-hydrogen) atoms. The molecule has 0 bridgehead atoms. The maximum Gasteiger partial charge on any atom is 0.335 e. The van der Waals surface area contributed by atoms with Crippen LogP contribution >= 0.6 is 0 Å². The molecular formula is C15H24O3Sn. The van der Waals surface area contributed by atoms with E-state index in [-0.39, 0.29) is 0 Å². The Morgan fingerprint density at radius 2 is 1.53 bits per heavy atom. The number of rotatable bonds is 7. The van der Waals surface area contributed by atoms with E-state index in [0.717, 1.165) is 8.87 Å². The molecule has 0 spiro atoms. The van der Waals surface area contributed by atoms with Gasteiger partial charge in [-0.15, -0.1) is 0 Å². The first-order valence-electron chi connectivity index (χ1n) is 6.91. The van der Waals surface area contributed by atoms with Gasteiger partial charge in [0.25, 0.3) is 0 Å². The molecule has 0 saturated carbocycles. The van der Waals surface area contributed by atoms with E-state index in [9.17, 15) is 7.87 Å². The van der Waals surface area contributed by atoms with E-state index in [2.05, 4.69) is 13.8 Å². The Morgan fingerprint density at radius 3 is 1.84 bits per heavy atom. The average Bonchev–Trinajstić information content (AvgIpc) is 2.44. The molecule has 0 saturated heterocycles. The van der Waals surface area contributed by atoms with Gasteiger partial charge < -0.3 is 5.11 Å². The van der Waals surface area contributed by atoms with Crippen LogP contribution in [-0.4, -0.2) is 30.8 Å². The second-order valence-corrected chi connectivity index (χ2v) is 10.3. The van der Waals surface area contributed by atoms with Gasteiger partial charge in [-0.1, -0.05) is 18.2 Å². The summed E-state index contributed by atoms with van der Waals surface area (Å²) in [7, 11) is 0. The fourth-order valence-corrected chi connectivity index (χ4v) is 6.44. The summed E-state index contributed by atoms with van der Waals surface area (Å²) in [6, 6.07) is 8.30. The second kappa shape index (κ2) is 12.3. The smallest absolute Gasteiger partial charge is 0.335 e. The van der Waals surface area contributed by atoms with Gasteiger partial charge in [0.15, 0.2) is 0 Å². The van der Waals surface area contributed by atoms with Gasteiger partial charge in [-0.05, 0) is 12.1 Å². The first kappa shape index (κ1) is 18.3. The van der Waals surface area contributed by atoms with E-state index in [1.165, 1.54) is 25.7 Å². The third kappa shape index (κ3) is 10.9. The summed E-state index contributed by atoms with van der Waals surface area (Å²) >= 11 is -1.99. The van der Waals surface area contributed by atoms with Crippen molar-refractivity contribution >= 4 is 25.7 Å². The molecule has 4 heteroatoms. The van der Waals surface area contributed by atoms with Crippen LogP contribution in [-0.2, 0) is 3.08 Å². The van der Waals surface area contributed by atoms with Crippen molar-refractivity contribution in [2.45, 2.75) is 48.4 Å². The molecule has 0 fully saturated rings. The number of carbonyl (C=O) groups is 1. The minimum absolute atomic E-state index is 0.331. The predicted molar refractivity (Wildman–Crippen MR) is 79.3 cm³/mol. The Hall–Kier alpha value is -0.711. The van der Waals surface area contributed by atoms with Crippen molar-refractivity contribution in [3.05, 3.63) is 35.9 Å². The Balaban J connectivity index is 0.000000342. The number of carboxylic acid groups (broad SMARTS) is 1. The molecule has 1 rings (SSSR count). The van der Waals surface area contributed by atoms with Crippen molar-refractivity contribution in [1.29, 1.82) is 0 Å². The number of hydrogen-bond acceptors (Lipinski definition) is 2. The van der Waals surface area contributed by atoms with Gasteiger partial charge in [0, 0.05) is 0 Å². The summed E-state index contributed by atoms with van der Waals surface area (Å²) < 4.78 is 13.4. The number of benzene rings is 1. The molecule has 106 valence electrons. The van der Waals surface area contributed by atoms with Crippen molar-refractivity contribution in [3.63, 3.8) is 0 Å². The van der Waals surface area contributed by atoms with Crippen LogP contribution < -0.4 is 0 Å². The largest absolute Gasteiger partial charge is 0.478 e. The Bertz CT molecular complexity index is 353. The number of carboxylic acids is 1. The van der Waals surface area contributed by atoms with Crippen molar-refractivity contribution < 1.29 is 13.0 Å². The van der Waals surface area contributed by atoms with Crippen LogP contribution in [0, 0.1) is 0 Å². The molecular weight excluding hydrogens is 347 g/mol. The summed E-state index contributed by atoms with van der Waals surface area (Å²) in [5.74, 6) is -0.879. The zero-order valence-corrected chi connectivity index (χ0v) is 14.7. The third-order valence-corrected chi connectivity index (χ3v) is 7.84. The van der Waals surface area contributed by atoms with Gasteiger partial charge in [-0.2, -0.15) is 0 Å². The second-order valence-electron chi connectivity index (χ2n) is 4.42. The molecule has 1 aromatic rings. The molecule has 0 amide bonds. The van der Waals surface area contributed by atoms with E-state index < -0.39 is 25.7 Å². The molecule has 0 radical (unpaired) electrons. The molecule has 1 aromatic carbocycles. The molecule has 0 atom stereocenters. The van der Waals surface area contributed by atoms with Crippen molar-refractivity contribution in [1.82, 2.24) is 0 Å². The summed E-state index contributed by atoms with van der Waals surface area (Å²) in [5, 5.41) is 8.38. The van der Waals surface area contributed by atoms with Crippen LogP contribution in [0.3, 0.4) is 0 Å². The molecule has 0 heterocycles. The van der Waals surface area contributed by atoms with E-state index >= 15 is 0 Å². The van der Waals surface area contributed by atoms with E-state index in [0.29, 0.717) is 5.56 Å². The average molecular weight is 371 g/mol. The Labute approximate surface area is 123 Å². The summed E-state index contributed by atoms with van der Waals surface area (Å²) in [6.07, 6.45) is 4.81. The summed E-state index contributed by atoms with van der Waals surface area (Å²) in [4.78, 5) is 10.2. The van der Waals surface area contributed by atoms with Crippen LogP contribution in [0.2, 0.25) is 8.87 Å². The zero-order chi connectivity index (χ0) is 14.5. The Morgan fingerprint density at radius 1 is 1.05 bits per heavy atom. The topological polar surface area (TPSA) is 54.4 Å². The SMILES string of the molecule is CCC[CH2][Sn](=[O])[CH2]CCC.O=C(O)c1ccccc1. The monoisotopic (exact) mass is 372 g/mol. The summed E-state index contributed by atoms with van der Waals surface area (Å²) in [6.45, 7) is 4.33. The molecule has 0 unspecified atom stereocenters. The fraction of sp³-hybridized carbons (Fsp3) is 0.533. The van der Waals surface area contributed by atoms with Gasteiger partial charge in [-0.3, -0.25) is 0 Å². The zero-order valence-electron chi connectivity index (χ0n) is 11.9. The van der Waals surface area contributed by atoms with Crippen LogP contribution in [0.15, 0.2) is 30.3 Å². The van der Waals surface area contributed by atoms with Crippen molar-refractivity contribution in [3.8, 4) is 0 Å². The third-order valence-electron chi connectivity index (χ3n) is 2.64. The quantitative estimate of drug-likeness (QED) is 0.724. The molecule has 0 aromatic heterocycles. The van der Waals surface area contributed by atoms with Crippen molar-refractivity contribution in [2.24, 2.45) is 0 Å². The molecule has 0 aliphatic heterocycles. The molecule has 1 N–H and O–H groups in total. The van der Waals surface area contributed by atoms with Gasteiger partial charge in [-0.25, -0.2) is 4.79 Å². The number of hydrogen-bond donors (Lipinski definition) is 1. The van der Waals surface area contributed by atoms with Crippen molar-refractivity contribution in [2.75, 3.05) is 0 Å². The standard InChI is InChI=1S/C7H6O2.2C4H9.O.Sn/c8-7(9)6-4-2-1-3-5-6;2*1-3-4-2;;/h1-5H,(H,8,9);2*1,3-4H2,2H3;;. The molecule has 3 nitrogen and oxygen atoms in total. The van der Waals surface area contributed by atoms with Crippen LogP contribution in [0.1, 0.15) is 49.9 Å². The number of unbranched alkanes of at least 4 members (excludes halogenated alkanes) is 2. The van der Waals surface area contributed by atoms with E-state index in [1.807, 2.05) is 0 Å². The normalized spacial score (nSPS) is 9.37. The molecule has 0 aliphatic rings. The minimum Gasteiger partial charge on any atom is -0.478 e. The number of aromatic carboxylic acids is 1. The first-order chi connectivity index (χ1) is 9.11. The van der Waals surface area contributed by atoms with Gasteiger partial charge in [0.05, 0.1) is 5.56 Å².